The number of nitrogens with two attached hydrogens (primary N) is 1. The second kappa shape index (κ2) is 6.27. The van der Waals surface area contributed by atoms with E-state index in [0.717, 1.165) is 17.6 Å². The molecule has 0 aliphatic rings. The van der Waals surface area contributed by atoms with Crippen molar-refractivity contribution in [3.05, 3.63) is 40.2 Å². The fourth-order valence-corrected chi connectivity index (χ4v) is 2.27. The molecular weight excluding hydrogens is 297 g/mol. The highest BCUT2D eigenvalue weighted by Crippen LogP contribution is 2.19. The number of nitrogens with one attached hydrogen (secondary N) is 1. The minimum absolute atomic E-state index is 0.00931. The van der Waals surface area contributed by atoms with Gasteiger partial charge in [-0.3, -0.25) is 4.79 Å². The van der Waals surface area contributed by atoms with Gasteiger partial charge in [0, 0.05) is 5.56 Å². The lowest BCUT2D eigenvalue weighted by molar-refractivity contribution is 0.102. The van der Waals surface area contributed by atoms with Crippen LogP contribution in [-0.4, -0.2) is 26.5 Å². The number of carbonyl (C=O) groups is 1. The number of benzene rings is 1. The van der Waals surface area contributed by atoms with Crippen LogP contribution < -0.4 is 11.1 Å². The van der Waals surface area contributed by atoms with Gasteiger partial charge in [-0.15, -0.1) is 5.10 Å². The minimum atomic E-state index is -0.692. The van der Waals surface area contributed by atoms with E-state index in [2.05, 4.69) is 20.1 Å². The largest absolute Gasteiger partial charge is 0.409 e. The molecule has 1 aromatic heterocycles. The topological polar surface area (TPSA) is 113 Å². The molecule has 1 amide bonds. The van der Waals surface area contributed by atoms with Crippen LogP contribution >= 0.6 is 11.5 Å². The summed E-state index contributed by atoms with van der Waals surface area (Å²) < 4.78 is 17.6. The van der Waals surface area contributed by atoms with Crippen molar-refractivity contribution in [3.63, 3.8) is 0 Å². The molecule has 21 heavy (non-hydrogen) atoms. The first-order chi connectivity index (χ1) is 10.1. The molecule has 0 atom stereocenters. The van der Waals surface area contributed by atoms with Crippen LogP contribution in [0.4, 0.5) is 10.1 Å². The van der Waals surface area contributed by atoms with Gasteiger partial charge in [-0.1, -0.05) is 16.6 Å². The Morgan fingerprint density at radius 2 is 2.33 bits per heavy atom. The summed E-state index contributed by atoms with van der Waals surface area (Å²) in [5.41, 5.74) is 6.12. The average molecular weight is 309 g/mol. The maximum atomic E-state index is 13.9. The molecule has 2 aromatic rings. The van der Waals surface area contributed by atoms with Crippen molar-refractivity contribution in [2.75, 3.05) is 5.32 Å². The van der Waals surface area contributed by atoms with Crippen molar-refractivity contribution < 1.29 is 14.4 Å². The van der Waals surface area contributed by atoms with Crippen molar-refractivity contribution in [2.24, 2.45) is 10.9 Å². The van der Waals surface area contributed by atoms with Gasteiger partial charge in [0.1, 0.15) is 10.7 Å². The number of nitrogens with zero attached hydrogens (tertiary/aromatic N) is 3. The van der Waals surface area contributed by atoms with Crippen LogP contribution in [0.5, 0.6) is 0 Å². The quantitative estimate of drug-likeness (QED) is 0.343. The zero-order valence-corrected chi connectivity index (χ0v) is 11.8. The van der Waals surface area contributed by atoms with Crippen LogP contribution in [0.25, 0.3) is 0 Å². The van der Waals surface area contributed by atoms with Crippen LogP contribution in [0.2, 0.25) is 0 Å². The molecule has 0 fully saturated rings. The van der Waals surface area contributed by atoms with E-state index in [1.807, 2.05) is 6.92 Å². The predicted molar refractivity (Wildman–Crippen MR) is 76.2 cm³/mol. The smallest absolute Gasteiger partial charge is 0.269 e. The van der Waals surface area contributed by atoms with E-state index in [-0.39, 0.29) is 17.1 Å². The predicted octanol–water partition coefficient (Wildman–Crippen LogP) is 1.59. The summed E-state index contributed by atoms with van der Waals surface area (Å²) in [6.07, 6.45) is 0.560. The summed E-state index contributed by atoms with van der Waals surface area (Å²) in [5, 5.41) is 17.6. The normalized spacial score (nSPS) is 11.4. The Hall–Kier alpha value is -2.55. The van der Waals surface area contributed by atoms with Gasteiger partial charge in [0.05, 0.1) is 11.4 Å². The average Bonchev–Trinajstić information content (AvgIpc) is 2.97. The maximum absolute atomic E-state index is 13.9. The summed E-state index contributed by atoms with van der Waals surface area (Å²) in [5.74, 6) is -1.38. The van der Waals surface area contributed by atoms with Crippen molar-refractivity contribution in [1.29, 1.82) is 0 Å². The molecule has 1 aromatic carbocycles. The number of anilines is 1. The summed E-state index contributed by atoms with van der Waals surface area (Å²) in [4.78, 5) is 12.4. The maximum Gasteiger partial charge on any atom is 0.269 e. The first-order valence-corrected chi connectivity index (χ1v) is 6.74. The van der Waals surface area contributed by atoms with Gasteiger partial charge in [0.15, 0.2) is 5.84 Å². The minimum Gasteiger partial charge on any atom is -0.409 e. The monoisotopic (exact) mass is 309 g/mol. The van der Waals surface area contributed by atoms with Gasteiger partial charge in [0.25, 0.3) is 5.91 Å². The zero-order chi connectivity index (χ0) is 15.4. The van der Waals surface area contributed by atoms with E-state index in [1.165, 1.54) is 12.1 Å². The molecule has 1 heterocycles. The lowest BCUT2D eigenvalue weighted by atomic mass is 10.2. The highest BCUT2D eigenvalue weighted by molar-refractivity contribution is 7.08. The number of carbonyl (C=O) groups excluding carboxylic acids is 1. The molecule has 0 unspecified atom stereocenters. The first-order valence-electron chi connectivity index (χ1n) is 5.96. The molecule has 7 nitrogen and oxygen atoms in total. The Balaban J connectivity index is 2.22. The van der Waals surface area contributed by atoms with Gasteiger partial charge in [-0.05, 0) is 36.2 Å². The number of aromatic nitrogens is 2. The van der Waals surface area contributed by atoms with E-state index < -0.39 is 11.7 Å². The van der Waals surface area contributed by atoms with E-state index in [9.17, 15) is 9.18 Å². The Morgan fingerprint density at radius 3 is 2.95 bits per heavy atom. The van der Waals surface area contributed by atoms with Gasteiger partial charge < -0.3 is 16.3 Å². The van der Waals surface area contributed by atoms with Crippen molar-refractivity contribution in [2.45, 2.75) is 13.3 Å². The second-order valence-corrected chi connectivity index (χ2v) is 4.79. The molecule has 0 aliphatic heterocycles. The van der Waals surface area contributed by atoms with Gasteiger partial charge in [0.2, 0.25) is 0 Å². The van der Waals surface area contributed by atoms with Crippen LogP contribution in [0.1, 0.15) is 27.9 Å². The van der Waals surface area contributed by atoms with Gasteiger partial charge >= 0.3 is 0 Å². The van der Waals surface area contributed by atoms with Gasteiger partial charge in [-0.2, -0.15) is 0 Å². The number of amides is 1. The Bertz CT molecular complexity index is 701. The molecule has 0 radical (unpaired) electrons. The second-order valence-electron chi connectivity index (χ2n) is 4.04. The van der Waals surface area contributed by atoms with E-state index in [1.54, 1.807) is 0 Å². The standard InChI is InChI=1S/C12H12FN5O2S/c1-2-8-10(21-18-16-8)12(19)15-9-4-3-6(5-7(9)13)11(14)17-20/h3-5,20H,2H2,1H3,(H2,14,17)(H,15,19). The lowest BCUT2D eigenvalue weighted by Gasteiger charge is -2.07. The highest BCUT2D eigenvalue weighted by atomic mass is 32.1. The van der Waals surface area contributed by atoms with Crippen LogP contribution in [0, 0.1) is 5.82 Å². The van der Waals surface area contributed by atoms with E-state index in [4.69, 9.17) is 10.9 Å². The molecule has 0 spiro atoms. The third kappa shape index (κ3) is 3.14. The molecule has 0 bridgehead atoms. The molecule has 0 aliphatic carbocycles. The van der Waals surface area contributed by atoms with Crippen LogP contribution in [0.3, 0.4) is 0 Å². The van der Waals surface area contributed by atoms with Crippen LogP contribution in [-0.2, 0) is 6.42 Å². The number of rotatable bonds is 4. The SMILES string of the molecule is CCc1nnsc1C(=O)Nc1ccc(/C(N)=N/O)cc1F. The molecule has 2 rings (SSSR count). The van der Waals surface area contributed by atoms with Crippen molar-refractivity contribution in [1.82, 2.24) is 9.59 Å². The number of oxime groups is 1. The first kappa shape index (κ1) is 14.9. The Labute approximate surface area is 123 Å². The van der Waals surface area contributed by atoms with Crippen LogP contribution in [0.15, 0.2) is 23.4 Å². The molecule has 0 saturated carbocycles. The fourth-order valence-electron chi connectivity index (χ4n) is 1.63. The fraction of sp³-hybridized carbons (Fsp3) is 0.167. The van der Waals surface area contributed by atoms with E-state index >= 15 is 0 Å². The lowest BCUT2D eigenvalue weighted by Crippen LogP contribution is -2.16. The summed E-state index contributed by atoms with van der Waals surface area (Å²) >= 11 is 0.951. The molecular formula is C12H12FN5O2S. The van der Waals surface area contributed by atoms with Gasteiger partial charge in [-0.25, -0.2) is 4.39 Å². The van der Waals surface area contributed by atoms with Crippen molar-refractivity contribution in [3.8, 4) is 0 Å². The Kier molecular flexibility index (Phi) is 4.43. The highest BCUT2D eigenvalue weighted by Gasteiger charge is 2.17. The summed E-state index contributed by atoms with van der Waals surface area (Å²) in [7, 11) is 0. The third-order valence-corrected chi connectivity index (χ3v) is 3.48. The number of aryl methyl sites for hydroxylation is 1. The number of hydrogen-bond acceptors (Lipinski definition) is 6. The number of hydrogen-bond donors (Lipinski definition) is 3. The Morgan fingerprint density at radius 1 is 1.57 bits per heavy atom. The molecule has 0 saturated heterocycles. The zero-order valence-electron chi connectivity index (χ0n) is 11.0. The molecule has 9 heteroatoms. The number of halogens is 1. The summed E-state index contributed by atoms with van der Waals surface area (Å²) in [6, 6.07) is 3.83. The number of amidine groups is 1. The van der Waals surface area contributed by atoms with Crippen molar-refractivity contribution >= 4 is 29.0 Å². The molecule has 110 valence electrons. The molecule has 4 N–H and O–H groups in total. The van der Waals surface area contributed by atoms with E-state index in [0.29, 0.717) is 17.0 Å². The summed E-state index contributed by atoms with van der Waals surface area (Å²) in [6.45, 7) is 1.85. The third-order valence-electron chi connectivity index (χ3n) is 2.72.